The molecule has 4 nitrogen and oxygen atoms in total. The van der Waals surface area contributed by atoms with Gasteiger partial charge in [-0.3, -0.25) is 0 Å². The van der Waals surface area contributed by atoms with E-state index in [1.807, 2.05) is 38.4 Å². The van der Waals surface area contributed by atoms with E-state index in [1.54, 1.807) is 23.1 Å². The molecule has 0 amide bonds. The van der Waals surface area contributed by atoms with E-state index in [0.29, 0.717) is 5.95 Å². The molecule has 0 aliphatic carbocycles. The van der Waals surface area contributed by atoms with Crippen LogP contribution in [0.4, 0.5) is 5.95 Å². The van der Waals surface area contributed by atoms with E-state index in [1.165, 1.54) is 4.70 Å². The van der Waals surface area contributed by atoms with Crippen molar-refractivity contribution in [1.29, 1.82) is 0 Å². The Balaban J connectivity index is 1.96. The van der Waals surface area contributed by atoms with Crippen LogP contribution in [0.1, 0.15) is 5.56 Å². The van der Waals surface area contributed by atoms with Crippen molar-refractivity contribution in [2.45, 2.75) is 16.3 Å². The minimum atomic E-state index is 0.634. The number of nitrogens with one attached hydrogen (secondary N) is 1. The molecule has 3 aromatic rings. The second-order valence-corrected chi connectivity index (χ2v) is 6.25. The van der Waals surface area contributed by atoms with E-state index in [9.17, 15) is 0 Å². The van der Waals surface area contributed by atoms with Gasteiger partial charge in [0, 0.05) is 18.8 Å². The van der Waals surface area contributed by atoms with Gasteiger partial charge in [-0.25, -0.2) is 15.0 Å². The van der Waals surface area contributed by atoms with Crippen LogP contribution in [0, 0.1) is 6.92 Å². The molecule has 1 aromatic carbocycles. The Morgan fingerprint density at radius 1 is 1.21 bits per heavy atom. The first-order valence-electron chi connectivity index (χ1n) is 5.81. The maximum atomic E-state index is 4.61. The highest BCUT2D eigenvalue weighted by molar-refractivity contribution is 8.01. The van der Waals surface area contributed by atoms with Gasteiger partial charge < -0.3 is 5.32 Å². The molecular formula is C13H12N4S2. The lowest BCUT2D eigenvalue weighted by Crippen LogP contribution is -1.98. The van der Waals surface area contributed by atoms with E-state index in [0.717, 1.165) is 20.4 Å². The average molecular weight is 288 g/mol. The number of rotatable bonds is 3. The topological polar surface area (TPSA) is 50.7 Å². The lowest BCUT2D eigenvalue weighted by Gasteiger charge is -2.04. The quantitative estimate of drug-likeness (QED) is 0.746. The summed E-state index contributed by atoms with van der Waals surface area (Å²) in [5, 5.41) is 3.90. The first-order chi connectivity index (χ1) is 9.26. The molecule has 0 radical (unpaired) electrons. The van der Waals surface area contributed by atoms with Gasteiger partial charge in [0.25, 0.3) is 0 Å². The summed E-state index contributed by atoms with van der Waals surface area (Å²) in [6.45, 7) is 2.01. The molecule has 2 aromatic heterocycles. The van der Waals surface area contributed by atoms with Crippen LogP contribution in [0.15, 0.2) is 39.8 Å². The largest absolute Gasteiger partial charge is 0.357 e. The summed E-state index contributed by atoms with van der Waals surface area (Å²) in [6, 6.07) is 8.15. The molecule has 0 saturated heterocycles. The number of para-hydroxylation sites is 1. The van der Waals surface area contributed by atoms with Gasteiger partial charge in [-0.1, -0.05) is 12.1 Å². The summed E-state index contributed by atoms with van der Waals surface area (Å²) in [4.78, 5) is 13.3. The highest BCUT2D eigenvalue weighted by Gasteiger charge is 2.09. The van der Waals surface area contributed by atoms with Gasteiger partial charge in [-0.2, -0.15) is 0 Å². The van der Waals surface area contributed by atoms with Crippen molar-refractivity contribution in [3.05, 3.63) is 36.0 Å². The Kier molecular flexibility index (Phi) is 3.35. The minimum absolute atomic E-state index is 0.634. The van der Waals surface area contributed by atoms with Crippen LogP contribution >= 0.6 is 23.1 Å². The van der Waals surface area contributed by atoms with E-state index in [-0.39, 0.29) is 0 Å². The SMILES string of the molecule is CNc1ncc(C)c(Sc2nc3ccccc3s2)n1. The molecule has 6 heteroatoms. The fraction of sp³-hybridized carbons (Fsp3) is 0.154. The van der Waals surface area contributed by atoms with Crippen molar-refractivity contribution >= 4 is 39.3 Å². The van der Waals surface area contributed by atoms with Gasteiger partial charge in [0.05, 0.1) is 10.2 Å². The van der Waals surface area contributed by atoms with E-state index in [2.05, 4.69) is 26.3 Å². The lowest BCUT2D eigenvalue weighted by molar-refractivity contribution is 1.00. The van der Waals surface area contributed by atoms with Crippen molar-refractivity contribution in [3.8, 4) is 0 Å². The maximum absolute atomic E-state index is 4.61. The third-order valence-corrected chi connectivity index (χ3v) is 4.81. The third-order valence-electron chi connectivity index (χ3n) is 2.61. The molecule has 0 aliphatic heterocycles. The smallest absolute Gasteiger partial charge is 0.223 e. The highest BCUT2D eigenvalue weighted by atomic mass is 32.2. The first kappa shape index (κ1) is 12.4. The number of hydrogen-bond acceptors (Lipinski definition) is 6. The number of thiazole rings is 1. The van der Waals surface area contributed by atoms with E-state index < -0.39 is 0 Å². The Labute approximate surface area is 119 Å². The summed E-state index contributed by atoms with van der Waals surface area (Å²) < 4.78 is 2.20. The molecule has 1 N–H and O–H groups in total. The number of aromatic nitrogens is 3. The number of nitrogens with zero attached hydrogens (tertiary/aromatic N) is 3. The van der Waals surface area contributed by atoms with Crippen LogP contribution in [0.5, 0.6) is 0 Å². The molecule has 0 saturated carbocycles. The van der Waals surface area contributed by atoms with Crippen molar-refractivity contribution in [1.82, 2.24) is 15.0 Å². The monoisotopic (exact) mass is 288 g/mol. The molecule has 0 fully saturated rings. The molecule has 19 heavy (non-hydrogen) atoms. The van der Waals surface area contributed by atoms with Crippen molar-refractivity contribution in [2.24, 2.45) is 0 Å². The molecule has 96 valence electrons. The first-order valence-corrected chi connectivity index (χ1v) is 7.44. The molecule has 0 spiro atoms. The molecular weight excluding hydrogens is 276 g/mol. The van der Waals surface area contributed by atoms with Crippen LogP contribution < -0.4 is 5.32 Å². The van der Waals surface area contributed by atoms with Gasteiger partial charge in [0.2, 0.25) is 5.95 Å². The number of anilines is 1. The number of fused-ring (bicyclic) bond motifs is 1. The zero-order valence-corrected chi connectivity index (χ0v) is 12.2. The summed E-state index contributed by atoms with van der Waals surface area (Å²) in [5.41, 5.74) is 2.10. The van der Waals surface area contributed by atoms with E-state index in [4.69, 9.17) is 0 Å². The summed E-state index contributed by atoms with van der Waals surface area (Å²) in [6.07, 6.45) is 1.83. The number of hydrogen-bond donors (Lipinski definition) is 1. The zero-order chi connectivity index (χ0) is 13.2. The molecule has 3 rings (SSSR count). The van der Waals surface area contributed by atoms with E-state index >= 15 is 0 Å². The summed E-state index contributed by atoms with van der Waals surface area (Å²) >= 11 is 3.27. The second-order valence-electron chi connectivity index (χ2n) is 3.98. The Bertz CT molecular complexity index is 690. The Morgan fingerprint density at radius 2 is 2.05 bits per heavy atom. The number of benzene rings is 1. The van der Waals surface area contributed by atoms with Gasteiger partial charge >= 0.3 is 0 Å². The molecule has 2 heterocycles. The van der Waals surface area contributed by atoms with Crippen LogP contribution in [0.3, 0.4) is 0 Å². The molecule has 0 atom stereocenters. The van der Waals surface area contributed by atoms with Gasteiger partial charge in [-0.15, -0.1) is 11.3 Å². The van der Waals surface area contributed by atoms with Gasteiger partial charge in [-0.05, 0) is 30.8 Å². The normalized spacial score (nSPS) is 10.8. The summed E-state index contributed by atoms with van der Waals surface area (Å²) in [7, 11) is 1.82. The van der Waals surface area contributed by atoms with Gasteiger partial charge in [0.15, 0.2) is 4.34 Å². The second kappa shape index (κ2) is 5.14. The van der Waals surface area contributed by atoms with Crippen molar-refractivity contribution in [2.75, 3.05) is 12.4 Å². The van der Waals surface area contributed by atoms with Crippen LogP contribution in [-0.2, 0) is 0 Å². The standard InChI is InChI=1S/C13H12N4S2/c1-8-7-15-12(14-2)17-11(8)19-13-16-9-5-3-4-6-10(9)18-13/h3-7H,1-2H3,(H,14,15,17). The molecule has 0 unspecified atom stereocenters. The lowest BCUT2D eigenvalue weighted by atomic mass is 10.3. The fourth-order valence-electron chi connectivity index (χ4n) is 1.63. The Morgan fingerprint density at radius 3 is 2.84 bits per heavy atom. The molecule has 0 bridgehead atoms. The average Bonchev–Trinajstić information content (AvgIpc) is 2.83. The predicted octanol–water partition coefficient (Wildman–Crippen LogP) is 3.59. The van der Waals surface area contributed by atoms with Crippen LogP contribution in [-0.4, -0.2) is 22.0 Å². The maximum Gasteiger partial charge on any atom is 0.223 e. The van der Waals surface area contributed by atoms with Crippen molar-refractivity contribution < 1.29 is 0 Å². The van der Waals surface area contributed by atoms with Crippen LogP contribution in [0.25, 0.3) is 10.2 Å². The fourth-order valence-corrected chi connectivity index (χ4v) is 3.65. The summed E-state index contributed by atoms with van der Waals surface area (Å²) in [5.74, 6) is 0.634. The van der Waals surface area contributed by atoms with Gasteiger partial charge in [0.1, 0.15) is 5.03 Å². The van der Waals surface area contributed by atoms with Crippen molar-refractivity contribution in [3.63, 3.8) is 0 Å². The Hall–Kier alpha value is -1.66. The zero-order valence-electron chi connectivity index (χ0n) is 10.5. The predicted molar refractivity (Wildman–Crippen MR) is 80.1 cm³/mol. The number of aryl methyl sites for hydroxylation is 1. The molecule has 0 aliphatic rings. The highest BCUT2D eigenvalue weighted by Crippen LogP contribution is 2.34. The third kappa shape index (κ3) is 2.54. The minimum Gasteiger partial charge on any atom is -0.357 e. The van der Waals surface area contributed by atoms with Crippen LogP contribution in [0.2, 0.25) is 0 Å².